The number of anilines is 2. The van der Waals surface area contributed by atoms with E-state index in [9.17, 15) is 14.7 Å². The molecular weight excluding hydrogens is 288 g/mol. The van der Waals surface area contributed by atoms with Crippen LogP contribution in [-0.2, 0) is 4.79 Å². The maximum absolute atomic E-state index is 12.4. The fraction of sp³-hybridized carbons (Fsp3) is 0.467. The summed E-state index contributed by atoms with van der Waals surface area (Å²) in [5.41, 5.74) is 6.45. The van der Waals surface area contributed by atoms with E-state index in [1.54, 1.807) is 19.2 Å². The van der Waals surface area contributed by atoms with Gasteiger partial charge >= 0.3 is 5.97 Å². The number of amides is 1. The molecule has 6 heteroatoms. The summed E-state index contributed by atoms with van der Waals surface area (Å²) >= 11 is 1.92. The molecular formula is C15H20N2O3S. The molecule has 1 aromatic carbocycles. The number of nitrogens with zero attached hydrogens (tertiary/aromatic N) is 1. The molecule has 1 saturated heterocycles. The van der Waals surface area contributed by atoms with Gasteiger partial charge in [0, 0.05) is 19.2 Å². The number of thioether (sulfide) groups is 1. The lowest BCUT2D eigenvalue weighted by Crippen LogP contribution is -2.30. The molecule has 0 saturated carbocycles. The van der Waals surface area contributed by atoms with Gasteiger partial charge in [0.25, 0.3) is 0 Å². The van der Waals surface area contributed by atoms with E-state index in [-0.39, 0.29) is 11.5 Å². The van der Waals surface area contributed by atoms with Gasteiger partial charge in [-0.1, -0.05) is 0 Å². The maximum Gasteiger partial charge on any atom is 0.337 e. The van der Waals surface area contributed by atoms with Crippen LogP contribution in [0.15, 0.2) is 18.2 Å². The average molecular weight is 308 g/mol. The Hall–Kier alpha value is -1.69. The molecule has 2 rings (SSSR count). The van der Waals surface area contributed by atoms with E-state index in [0.717, 1.165) is 24.3 Å². The molecule has 0 aliphatic carbocycles. The third-order valence-corrected chi connectivity index (χ3v) is 4.84. The summed E-state index contributed by atoms with van der Waals surface area (Å²) in [6.07, 6.45) is 2.58. The zero-order valence-corrected chi connectivity index (χ0v) is 12.9. The highest BCUT2D eigenvalue weighted by Crippen LogP contribution is 2.28. The first-order valence-corrected chi connectivity index (χ1v) is 8.11. The first-order valence-electron chi connectivity index (χ1n) is 6.96. The number of nitrogens with two attached hydrogens (primary N) is 1. The number of carbonyl (C=O) groups is 2. The molecule has 0 spiro atoms. The van der Waals surface area contributed by atoms with Crippen LogP contribution in [0, 0.1) is 5.92 Å². The molecule has 1 amide bonds. The number of carboxylic acid groups (broad SMARTS) is 1. The fourth-order valence-corrected chi connectivity index (χ4v) is 3.69. The zero-order valence-electron chi connectivity index (χ0n) is 12.0. The van der Waals surface area contributed by atoms with Crippen LogP contribution in [0.3, 0.4) is 0 Å². The Morgan fingerprint density at radius 3 is 2.67 bits per heavy atom. The van der Waals surface area contributed by atoms with E-state index in [4.69, 9.17) is 5.73 Å². The van der Waals surface area contributed by atoms with E-state index in [0.29, 0.717) is 23.7 Å². The molecule has 1 fully saturated rings. The van der Waals surface area contributed by atoms with Crippen LogP contribution in [0.5, 0.6) is 0 Å². The minimum absolute atomic E-state index is 0.0424. The number of nitrogen functional groups attached to an aromatic ring is 1. The molecule has 1 aromatic rings. The lowest BCUT2D eigenvalue weighted by Gasteiger charge is -2.25. The molecule has 0 unspecified atom stereocenters. The number of benzene rings is 1. The molecule has 0 radical (unpaired) electrons. The fourth-order valence-electron chi connectivity index (χ4n) is 2.49. The van der Waals surface area contributed by atoms with Gasteiger partial charge in [-0.3, -0.25) is 4.79 Å². The van der Waals surface area contributed by atoms with Crippen LogP contribution in [-0.4, -0.2) is 35.5 Å². The molecule has 21 heavy (non-hydrogen) atoms. The van der Waals surface area contributed by atoms with Crippen molar-refractivity contribution in [1.29, 1.82) is 0 Å². The topological polar surface area (TPSA) is 83.6 Å². The molecule has 0 bridgehead atoms. The van der Waals surface area contributed by atoms with Gasteiger partial charge in [0.1, 0.15) is 0 Å². The van der Waals surface area contributed by atoms with Crippen LogP contribution in [0.2, 0.25) is 0 Å². The van der Waals surface area contributed by atoms with E-state index < -0.39 is 5.97 Å². The average Bonchev–Trinajstić information content (AvgIpc) is 2.47. The van der Waals surface area contributed by atoms with E-state index in [1.165, 1.54) is 11.0 Å². The Labute approximate surface area is 128 Å². The van der Waals surface area contributed by atoms with E-state index in [1.807, 2.05) is 11.8 Å². The number of aromatic carboxylic acids is 1. The molecule has 1 heterocycles. The third kappa shape index (κ3) is 3.91. The van der Waals surface area contributed by atoms with Crippen LogP contribution in [0.1, 0.15) is 29.6 Å². The summed E-state index contributed by atoms with van der Waals surface area (Å²) in [7, 11) is 1.62. The van der Waals surface area contributed by atoms with Gasteiger partial charge < -0.3 is 15.7 Å². The number of hydrogen-bond donors (Lipinski definition) is 2. The molecule has 5 nitrogen and oxygen atoms in total. The maximum atomic E-state index is 12.4. The molecule has 1 aliphatic rings. The normalized spacial score (nSPS) is 15.7. The molecule has 0 atom stereocenters. The Morgan fingerprint density at radius 2 is 2.05 bits per heavy atom. The van der Waals surface area contributed by atoms with Crippen molar-refractivity contribution >= 4 is 35.0 Å². The summed E-state index contributed by atoms with van der Waals surface area (Å²) in [6.45, 7) is 0. The predicted molar refractivity (Wildman–Crippen MR) is 85.9 cm³/mol. The number of hydrogen-bond acceptors (Lipinski definition) is 4. The highest BCUT2D eigenvalue weighted by molar-refractivity contribution is 7.99. The van der Waals surface area contributed by atoms with Crippen LogP contribution in [0.25, 0.3) is 0 Å². The van der Waals surface area contributed by atoms with Gasteiger partial charge in [0.15, 0.2) is 0 Å². The van der Waals surface area contributed by atoms with Gasteiger partial charge in [-0.2, -0.15) is 11.8 Å². The van der Waals surface area contributed by atoms with E-state index >= 15 is 0 Å². The first-order chi connectivity index (χ1) is 9.99. The monoisotopic (exact) mass is 308 g/mol. The minimum Gasteiger partial charge on any atom is -0.478 e. The Balaban J connectivity index is 2.13. The quantitative estimate of drug-likeness (QED) is 0.835. The first kappa shape index (κ1) is 15.7. The summed E-state index contributed by atoms with van der Waals surface area (Å²) in [5.74, 6) is 1.49. The second-order valence-corrected chi connectivity index (χ2v) is 6.52. The van der Waals surface area contributed by atoms with Crippen molar-refractivity contribution in [3.63, 3.8) is 0 Å². The molecule has 0 aromatic heterocycles. The van der Waals surface area contributed by atoms with E-state index in [2.05, 4.69) is 0 Å². The third-order valence-electron chi connectivity index (χ3n) is 3.79. The summed E-state index contributed by atoms with van der Waals surface area (Å²) in [6, 6.07) is 4.59. The number of rotatable bonds is 4. The lowest BCUT2D eigenvalue weighted by molar-refractivity contribution is -0.119. The second-order valence-electron chi connectivity index (χ2n) is 5.29. The van der Waals surface area contributed by atoms with Crippen molar-refractivity contribution in [2.45, 2.75) is 19.3 Å². The van der Waals surface area contributed by atoms with Gasteiger partial charge in [-0.25, -0.2) is 4.79 Å². The van der Waals surface area contributed by atoms with Gasteiger partial charge in [0.2, 0.25) is 5.91 Å². The van der Waals surface area contributed by atoms with Crippen LogP contribution in [0.4, 0.5) is 11.4 Å². The minimum atomic E-state index is -1.08. The number of carbonyl (C=O) groups excluding carboxylic acids is 1. The van der Waals surface area contributed by atoms with Crippen molar-refractivity contribution in [3.05, 3.63) is 23.8 Å². The summed E-state index contributed by atoms with van der Waals surface area (Å²) in [5, 5.41) is 9.25. The van der Waals surface area contributed by atoms with Gasteiger partial charge in [-0.15, -0.1) is 0 Å². The van der Waals surface area contributed by atoms with Gasteiger partial charge in [-0.05, 0) is 48.5 Å². The van der Waals surface area contributed by atoms with Gasteiger partial charge in [0.05, 0.1) is 11.3 Å². The van der Waals surface area contributed by atoms with Crippen molar-refractivity contribution in [1.82, 2.24) is 0 Å². The summed E-state index contributed by atoms with van der Waals surface area (Å²) in [4.78, 5) is 25.1. The molecule has 1 aliphatic heterocycles. The lowest BCUT2D eigenvalue weighted by atomic mass is 9.98. The second kappa shape index (κ2) is 6.85. The predicted octanol–water partition coefficient (Wildman–Crippen LogP) is 2.46. The Bertz CT molecular complexity index is 542. The summed E-state index contributed by atoms with van der Waals surface area (Å²) < 4.78 is 0. The van der Waals surface area contributed by atoms with Crippen molar-refractivity contribution in [3.8, 4) is 0 Å². The Morgan fingerprint density at radius 1 is 1.38 bits per heavy atom. The SMILES string of the molecule is CN(C(=O)CC1CCSCC1)c1ccc(N)cc1C(=O)O. The highest BCUT2D eigenvalue weighted by Gasteiger charge is 2.23. The van der Waals surface area contributed by atoms with Crippen molar-refractivity contribution < 1.29 is 14.7 Å². The highest BCUT2D eigenvalue weighted by atomic mass is 32.2. The van der Waals surface area contributed by atoms with Crippen LogP contribution >= 0.6 is 11.8 Å². The standard InChI is InChI=1S/C15H20N2O3S/c1-17(14(18)8-10-4-6-21-7-5-10)13-3-2-11(16)9-12(13)15(19)20/h2-3,9-10H,4-8,16H2,1H3,(H,19,20). The molecule has 114 valence electrons. The number of carboxylic acids is 1. The van der Waals surface area contributed by atoms with Crippen molar-refractivity contribution in [2.24, 2.45) is 5.92 Å². The van der Waals surface area contributed by atoms with Crippen LogP contribution < -0.4 is 10.6 Å². The smallest absolute Gasteiger partial charge is 0.337 e. The zero-order chi connectivity index (χ0) is 15.4. The largest absolute Gasteiger partial charge is 0.478 e. The molecule has 3 N–H and O–H groups in total. The Kier molecular flexibility index (Phi) is 5.12. The van der Waals surface area contributed by atoms with Crippen molar-refractivity contribution in [2.75, 3.05) is 29.2 Å².